The standard InChI is InChI=1S/C59H103NO5/c1-4-7-10-13-16-19-22-25-27-29-31-33-35-38-41-44-47-50-55(65-59(64)52-49-46-43-40-37-34-32-30-28-26-23-20-17-14-11-8-5-2)53-58(63)60-56(54-61)57(62)51-48-45-42-39-36-24-21-18-15-12-9-6-3/h7,10,16-17,19-20,25-28,31,33,38,41,55-57,61-62H,4-6,8-9,11-15,18,21-24,29-30,32,34-37,39-40,42-54H2,1-3H3,(H,60,63)/b10-7-,19-16-,20-17-,27-25-,28-26-,33-31-,41-38-. The summed E-state index contributed by atoms with van der Waals surface area (Å²) in [5, 5.41) is 23.8. The Morgan fingerprint density at radius 2 is 0.846 bits per heavy atom. The molecule has 6 heteroatoms. The largest absolute Gasteiger partial charge is 0.462 e. The van der Waals surface area contributed by atoms with Crippen LogP contribution in [0.2, 0.25) is 0 Å². The Bertz CT molecular complexity index is 1250. The van der Waals surface area contributed by atoms with Crippen LogP contribution in [0.1, 0.15) is 252 Å². The molecule has 0 spiro atoms. The molecule has 0 aliphatic rings. The quantitative estimate of drug-likeness (QED) is 0.0321. The van der Waals surface area contributed by atoms with E-state index in [1.807, 2.05) is 0 Å². The van der Waals surface area contributed by atoms with Gasteiger partial charge in [0.15, 0.2) is 0 Å². The molecule has 6 nitrogen and oxygen atoms in total. The van der Waals surface area contributed by atoms with Crippen LogP contribution >= 0.6 is 0 Å². The van der Waals surface area contributed by atoms with E-state index in [4.69, 9.17) is 4.74 Å². The molecule has 0 heterocycles. The molecule has 0 bridgehead atoms. The Morgan fingerprint density at radius 1 is 0.462 bits per heavy atom. The molecule has 0 saturated heterocycles. The molecule has 65 heavy (non-hydrogen) atoms. The zero-order chi connectivity index (χ0) is 47.4. The summed E-state index contributed by atoms with van der Waals surface area (Å²) in [4.78, 5) is 26.2. The third-order valence-electron chi connectivity index (χ3n) is 12.0. The maximum atomic E-state index is 13.2. The summed E-state index contributed by atoms with van der Waals surface area (Å²) in [7, 11) is 0. The van der Waals surface area contributed by atoms with Crippen LogP contribution in [0.5, 0.6) is 0 Å². The molecule has 3 N–H and O–H groups in total. The van der Waals surface area contributed by atoms with Gasteiger partial charge in [0.05, 0.1) is 25.2 Å². The first-order valence-corrected chi connectivity index (χ1v) is 27.3. The molecule has 0 saturated carbocycles. The van der Waals surface area contributed by atoms with Crippen molar-refractivity contribution < 1.29 is 24.5 Å². The average molecular weight is 906 g/mol. The fourth-order valence-electron chi connectivity index (χ4n) is 7.85. The van der Waals surface area contributed by atoms with E-state index in [0.717, 1.165) is 96.3 Å². The molecule has 0 aliphatic carbocycles. The predicted octanol–water partition coefficient (Wildman–Crippen LogP) is 16.7. The fourth-order valence-corrected chi connectivity index (χ4v) is 7.85. The lowest BCUT2D eigenvalue weighted by atomic mass is 10.0. The summed E-state index contributed by atoms with van der Waals surface area (Å²) in [5.74, 6) is -0.540. The van der Waals surface area contributed by atoms with Crippen molar-refractivity contribution in [3.8, 4) is 0 Å². The minimum absolute atomic E-state index is 0.0319. The van der Waals surface area contributed by atoms with Crippen molar-refractivity contribution in [1.29, 1.82) is 0 Å². The normalized spacial score (nSPS) is 13.9. The number of hydrogen-bond donors (Lipinski definition) is 3. The third-order valence-corrected chi connectivity index (χ3v) is 12.0. The summed E-state index contributed by atoms with van der Waals surface area (Å²) in [6.45, 7) is 6.33. The second-order valence-corrected chi connectivity index (χ2v) is 18.2. The molecule has 3 unspecified atom stereocenters. The van der Waals surface area contributed by atoms with Gasteiger partial charge in [-0.25, -0.2) is 0 Å². The Hall–Kier alpha value is -2.96. The number of carbonyl (C=O) groups excluding carboxylic acids is 2. The van der Waals surface area contributed by atoms with Gasteiger partial charge in [-0.05, 0) is 96.3 Å². The van der Waals surface area contributed by atoms with Crippen molar-refractivity contribution in [1.82, 2.24) is 5.32 Å². The van der Waals surface area contributed by atoms with E-state index in [2.05, 4.69) is 111 Å². The molecule has 0 aromatic rings. The summed E-state index contributed by atoms with van der Waals surface area (Å²) in [6, 6.07) is -0.725. The van der Waals surface area contributed by atoms with Crippen LogP contribution in [0.25, 0.3) is 0 Å². The van der Waals surface area contributed by atoms with Gasteiger partial charge >= 0.3 is 5.97 Å². The molecule has 0 aromatic heterocycles. The van der Waals surface area contributed by atoms with Gasteiger partial charge in [-0.3, -0.25) is 9.59 Å². The topological polar surface area (TPSA) is 95.9 Å². The maximum absolute atomic E-state index is 13.2. The predicted molar refractivity (Wildman–Crippen MR) is 282 cm³/mol. The molecule has 0 aromatic carbocycles. The van der Waals surface area contributed by atoms with Gasteiger partial charge in [0.1, 0.15) is 6.10 Å². The lowest BCUT2D eigenvalue weighted by Gasteiger charge is -2.24. The smallest absolute Gasteiger partial charge is 0.306 e. The zero-order valence-corrected chi connectivity index (χ0v) is 42.6. The maximum Gasteiger partial charge on any atom is 0.306 e. The van der Waals surface area contributed by atoms with Gasteiger partial charge in [0.25, 0.3) is 0 Å². The first-order chi connectivity index (χ1) is 32.0. The number of rotatable bonds is 48. The number of ether oxygens (including phenoxy) is 1. The van der Waals surface area contributed by atoms with E-state index in [0.29, 0.717) is 19.3 Å². The van der Waals surface area contributed by atoms with Crippen molar-refractivity contribution in [2.24, 2.45) is 0 Å². The highest BCUT2D eigenvalue weighted by Gasteiger charge is 2.24. The molecule has 0 rings (SSSR count). The fraction of sp³-hybridized carbons (Fsp3) is 0.729. The molecule has 3 atom stereocenters. The summed E-state index contributed by atoms with van der Waals surface area (Å²) >= 11 is 0. The van der Waals surface area contributed by atoms with Crippen LogP contribution in [0.4, 0.5) is 0 Å². The number of aliphatic hydroxyl groups is 2. The number of unbranched alkanes of at least 4 members (excludes halogenated alkanes) is 22. The molecular formula is C59H103NO5. The highest BCUT2D eigenvalue weighted by molar-refractivity contribution is 5.77. The number of esters is 1. The molecule has 0 aliphatic heterocycles. The van der Waals surface area contributed by atoms with Gasteiger partial charge in [-0.1, -0.05) is 228 Å². The number of carbonyl (C=O) groups is 2. The second-order valence-electron chi connectivity index (χ2n) is 18.2. The SMILES string of the molecule is CC/C=C\C/C=C\C/C=C\C/C=C\C/C=C\CCCC(CC(=O)NC(CO)C(O)CCCCCCCCCCCCCC)OC(=O)CCCCCCCCC/C=C\C/C=C\CCCCC. The van der Waals surface area contributed by atoms with E-state index in [-0.39, 0.29) is 24.9 Å². The van der Waals surface area contributed by atoms with Gasteiger partial charge in [0, 0.05) is 6.42 Å². The molecule has 0 fully saturated rings. The summed E-state index contributed by atoms with van der Waals surface area (Å²) in [6.07, 6.45) is 67.9. The number of amides is 1. The van der Waals surface area contributed by atoms with Crippen molar-refractivity contribution in [2.45, 2.75) is 270 Å². The minimum atomic E-state index is -0.808. The lowest BCUT2D eigenvalue weighted by molar-refractivity contribution is -0.151. The van der Waals surface area contributed by atoms with Crippen LogP contribution in [0.3, 0.4) is 0 Å². The van der Waals surface area contributed by atoms with Crippen molar-refractivity contribution in [3.63, 3.8) is 0 Å². The molecule has 1 amide bonds. The van der Waals surface area contributed by atoms with E-state index in [9.17, 15) is 19.8 Å². The average Bonchev–Trinajstić information content (AvgIpc) is 3.30. The number of allylic oxidation sites excluding steroid dienone is 14. The zero-order valence-electron chi connectivity index (χ0n) is 42.6. The Morgan fingerprint density at radius 3 is 1.32 bits per heavy atom. The Balaban J connectivity index is 4.71. The van der Waals surface area contributed by atoms with Crippen LogP contribution in [0.15, 0.2) is 85.1 Å². The van der Waals surface area contributed by atoms with Crippen LogP contribution in [-0.2, 0) is 14.3 Å². The van der Waals surface area contributed by atoms with E-state index in [1.165, 1.54) is 109 Å². The van der Waals surface area contributed by atoms with Crippen LogP contribution in [-0.4, -0.2) is 46.9 Å². The van der Waals surface area contributed by atoms with Crippen molar-refractivity contribution in [3.05, 3.63) is 85.1 Å². The van der Waals surface area contributed by atoms with E-state index >= 15 is 0 Å². The monoisotopic (exact) mass is 906 g/mol. The summed E-state index contributed by atoms with van der Waals surface area (Å²) < 4.78 is 5.92. The number of nitrogens with one attached hydrogen (secondary N) is 1. The van der Waals surface area contributed by atoms with Crippen molar-refractivity contribution >= 4 is 11.9 Å². The van der Waals surface area contributed by atoms with Crippen LogP contribution < -0.4 is 5.32 Å². The molecular weight excluding hydrogens is 803 g/mol. The number of aliphatic hydroxyl groups excluding tert-OH is 2. The third kappa shape index (κ3) is 47.3. The second kappa shape index (κ2) is 52.0. The molecule has 0 radical (unpaired) electrons. The molecule has 374 valence electrons. The summed E-state index contributed by atoms with van der Waals surface area (Å²) in [5.41, 5.74) is 0. The lowest BCUT2D eigenvalue weighted by Crippen LogP contribution is -2.46. The van der Waals surface area contributed by atoms with Gasteiger partial charge in [-0.2, -0.15) is 0 Å². The van der Waals surface area contributed by atoms with Gasteiger partial charge in [-0.15, -0.1) is 0 Å². The highest BCUT2D eigenvalue weighted by atomic mass is 16.5. The van der Waals surface area contributed by atoms with E-state index in [1.54, 1.807) is 0 Å². The van der Waals surface area contributed by atoms with Crippen LogP contribution in [0, 0.1) is 0 Å². The minimum Gasteiger partial charge on any atom is -0.462 e. The Labute approximate surface area is 402 Å². The first-order valence-electron chi connectivity index (χ1n) is 27.3. The van der Waals surface area contributed by atoms with Crippen molar-refractivity contribution in [2.75, 3.05) is 6.61 Å². The van der Waals surface area contributed by atoms with Gasteiger partial charge in [0.2, 0.25) is 5.91 Å². The Kier molecular flexibility index (Phi) is 49.6. The first kappa shape index (κ1) is 62.0. The van der Waals surface area contributed by atoms with E-state index < -0.39 is 18.2 Å². The highest BCUT2D eigenvalue weighted by Crippen LogP contribution is 2.17. The number of hydrogen-bond acceptors (Lipinski definition) is 5. The van der Waals surface area contributed by atoms with Gasteiger partial charge < -0.3 is 20.3 Å².